The van der Waals surface area contributed by atoms with Gasteiger partial charge in [0.1, 0.15) is 5.82 Å². The van der Waals surface area contributed by atoms with Crippen molar-refractivity contribution in [1.29, 1.82) is 0 Å². The van der Waals surface area contributed by atoms with E-state index in [4.69, 9.17) is 0 Å². The number of nitrogens with zero attached hydrogens (tertiary/aromatic N) is 4. The van der Waals surface area contributed by atoms with Crippen molar-refractivity contribution in [3.8, 4) is 0 Å². The first-order valence-electron chi connectivity index (χ1n) is 9.92. The summed E-state index contributed by atoms with van der Waals surface area (Å²) >= 11 is 0. The lowest BCUT2D eigenvalue weighted by Gasteiger charge is -2.31. The fraction of sp³-hybridized carbons (Fsp3) is 0.400. The zero-order chi connectivity index (χ0) is 22.0. The van der Waals surface area contributed by atoms with Crippen molar-refractivity contribution in [3.63, 3.8) is 0 Å². The number of anilines is 2. The SMILES string of the molecule is O=C(Nc1nc2cc(C(F)(F)F)cc(N[C@@H]3CCCC[C@@H]3CO)n2n1)c1cccnc1. The van der Waals surface area contributed by atoms with Crippen molar-refractivity contribution in [2.45, 2.75) is 37.9 Å². The largest absolute Gasteiger partial charge is 0.416 e. The molecule has 164 valence electrons. The van der Waals surface area contributed by atoms with E-state index in [0.29, 0.717) is 0 Å². The fourth-order valence-electron chi connectivity index (χ4n) is 3.78. The van der Waals surface area contributed by atoms with Gasteiger partial charge in [-0.15, -0.1) is 5.10 Å². The van der Waals surface area contributed by atoms with Gasteiger partial charge in [-0.3, -0.25) is 15.1 Å². The number of aromatic nitrogens is 4. The van der Waals surface area contributed by atoms with Gasteiger partial charge in [0, 0.05) is 31.0 Å². The van der Waals surface area contributed by atoms with Crippen molar-refractivity contribution in [1.82, 2.24) is 19.6 Å². The number of pyridine rings is 2. The van der Waals surface area contributed by atoms with Crippen molar-refractivity contribution < 1.29 is 23.1 Å². The molecule has 0 radical (unpaired) electrons. The highest BCUT2D eigenvalue weighted by molar-refractivity contribution is 6.03. The smallest absolute Gasteiger partial charge is 0.396 e. The Balaban J connectivity index is 1.69. The minimum atomic E-state index is -4.58. The Bertz CT molecular complexity index is 1070. The monoisotopic (exact) mass is 434 g/mol. The maximum absolute atomic E-state index is 13.5. The Kier molecular flexibility index (Phi) is 5.77. The van der Waals surface area contributed by atoms with Crippen molar-refractivity contribution >= 4 is 23.3 Å². The van der Waals surface area contributed by atoms with Crippen molar-refractivity contribution in [2.24, 2.45) is 5.92 Å². The van der Waals surface area contributed by atoms with Gasteiger partial charge < -0.3 is 10.4 Å². The van der Waals surface area contributed by atoms with Crippen LogP contribution in [-0.4, -0.2) is 43.2 Å². The molecule has 3 aromatic heterocycles. The third-order valence-corrected chi connectivity index (χ3v) is 5.39. The molecule has 0 saturated heterocycles. The predicted molar refractivity (Wildman–Crippen MR) is 107 cm³/mol. The van der Waals surface area contributed by atoms with Crippen LogP contribution in [0.15, 0.2) is 36.7 Å². The van der Waals surface area contributed by atoms with Crippen LogP contribution < -0.4 is 10.6 Å². The molecule has 8 nitrogen and oxygen atoms in total. The minimum Gasteiger partial charge on any atom is -0.396 e. The van der Waals surface area contributed by atoms with Crippen LogP contribution in [0.5, 0.6) is 0 Å². The summed E-state index contributed by atoms with van der Waals surface area (Å²) < 4.78 is 41.6. The predicted octanol–water partition coefficient (Wildman–Crippen LogP) is 3.36. The maximum Gasteiger partial charge on any atom is 0.416 e. The van der Waals surface area contributed by atoms with E-state index in [1.807, 2.05) is 0 Å². The van der Waals surface area contributed by atoms with Gasteiger partial charge in [-0.1, -0.05) is 12.8 Å². The summed E-state index contributed by atoms with van der Waals surface area (Å²) in [4.78, 5) is 20.3. The number of hydrogen-bond donors (Lipinski definition) is 3. The average molecular weight is 434 g/mol. The van der Waals surface area contributed by atoms with Gasteiger partial charge in [-0.05, 0) is 37.1 Å². The molecule has 0 spiro atoms. The number of amides is 1. The highest BCUT2D eigenvalue weighted by Gasteiger charge is 2.33. The molecule has 1 amide bonds. The van der Waals surface area contributed by atoms with E-state index in [-0.39, 0.29) is 41.5 Å². The molecule has 4 rings (SSSR count). The summed E-state index contributed by atoms with van der Waals surface area (Å²) in [6.45, 7) is -0.0520. The molecule has 1 fully saturated rings. The topological polar surface area (TPSA) is 104 Å². The first-order chi connectivity index (χ1) is 14.8. The van der Waals surface area contributed by atoms with Crippen molar-refractivity contribution in [2.75, 3.05) is 17.2 Å². The number of fused-ring (bicyclic) bond motifs is 1. The van der Waals surface area contributed by atoms with E-state index in [2.05, 4.69) is 25.7 Å². The zero-order valence-corrected chi connectivity index (χ0v) is 16.4. The van der Waals surface area contributed by atoms with E-state index < -0.39 is 17.6 Å². The van der Waals surface area contributed by atoms with Crippen LogP contribution in [0.3, 0.4) is 0 Å². The lowest BCUT2D eigenvalue weighted by atomic mass is 9.85. The molecule has 11 heteroatoms. The lowest BCUT2D eigenvalue weighted by molar-refractivity contribution is -0.137. The third kappa shape index (κ3) is 4.61. The summed E-state index contributed by atoms with van der Waals surface area (Å²) in [6, 6.07) is 4.79. The number of carbonyl (C=O) groups is 1. The second-order valence-electron chi connectivity index (χ2n) is 7.51. The number of carbonyl (C=O) groups excluding carboxylic acids is 1. The summed E-state index contributed by atoms with van der Waals surface area (Å²) in [5.41, 5.74) is -0.671. The summed E-state index contributed by atoms with van der Waals surface area (Å²) in [5, 5.41) is 19.4. The molecule has 2 atom stereocenters. The van der Waals surface area contributed by atoms with Crippen LogP contribution in [0.4, 0.5) is 24.9 Å². The first-order valence-corrected chi connectivity index (χ1v) is 9.92. The molecule has 0 aliphatic heterocycles. The molecular weight excluding hydrogens is 413 g/mol. The molecule has 1 aliphatic carbocycles. The normalized spacial score (nSPS) is 19.4. The zero-order valence-electron chi connectivity index (χ0n) is 16.4. The Labute approximate surface area is 175 Å². The number of hydrogen-bond acceptors (Lipinski definition) is 6. The first kappa shape index (κ1) is 21.0. The Morgan fingerprint density at radius 3 is 2.77 bits per heavy atom. The van der Waals surface area contributed by atoms with Crippen LogP contribution in [0.25, 0.3) is 5.65 Å². The van der Waals surface area contributed by atoms with Gasteiger partial charge in [-0.25, -0.2) is 0 Å². The molecule has 0 unspecified atom stereocenters. The quantitative estimate of drug-likeness (QED) is 0.569. The highest BCUT2D eigenvalue weighted by Crippen LogP contribution is 2.33. The van der Waals surface area contributed by atoms with Crippen LogP contribution in [0, 0.1) is 5.92 Å². The molecule has 3 heterocycles. The molecule has 3 aromatic rings. The van der Waals surface area contributed by atoms with Gasteiger partial charge in [0.15, 0.2) is 5.65 Å². The van der Waals surface area contributed by atoms with E-state index in [0.717, 1.165) is 37.8 Å². The summed E-state index contributed by atoms with van der Waals surface area (Å²) in [6.07, 6.45) is 1.70. The molecule has 0 aromatic carbocycles. The van der Waals surface area contributed by atoms with Crippen molar-refractivity contribution in [3.05, 3.63) is 47.8 Å². The minimum absolute atomic E-state index is 0.0520. The molecule has 1 aliphatic rings. The number of rotatable bonds is 5. The molecule has 0 bridgehead atoms. The maximum atomic E-state index is 13.5. The number of aliphatic hydroxyl groups excluding tert-OH is 1. The van der Waals surface area contributed by atoms with Gasteiger partial charge in [0.05, 0.1) is 11.1 Å². The number of nitrogens with one attached hydrogen (secondary N) is 2. The highest BCUT2D eigenvalue weighted by atomic mass is 19.4. The van der Waals surface area contributed by atoms with Gasteiger partial charge in [0.25, 0.3) is 5.91 Å². The molecule has 31 heavy (non-hydrogen) atoms. The molecule has 1 saturated carbocycles. The third-order valence-electron chi connectivity index (χ3n) is 5.39. The molecule has 3 N–H and O–H groups in total. The van der Waals surface area contributed by atoms with Crippen LogP contribution in [0.2, 0.25) is 0 Å². The van der Waals surface area contributed by atoms with Gasteiger partial charge >= 0.3 is 6.18 Å². The number of alkyl halides is 3. The Hall–Kier alpha value is -3.21. The van der Waals surface area contributed by atoms with E-state index in [1.165, 1.54) is 16.9 Å². The van der Waals surface area contributed by atoms with Crippen LogP contribution in [0.1, 0.15) is 41.6 Å². The number of aliphatic hydroxyl groups is 1. The van der Waals surface area contributed by atoms with E-state index >= 15 is 0 Å². The van der Waals surface area contributed by atoms with E-state index in [9.17, 15) is 23.1 Å². The van der Waals surface area contributed by atoms with Crippen LogP contribution >= 0.6 is 0 Å². The summed E-state index contributed by atoms with van der Waals surface area (Å²) in [7, 11) is 0. The summed E-state index contributed by atoms with van der Waals surface area (Å²) in [5.74, 6) is -0.614. The second-order valence-corrected chi connectivity index (χ2v) is 7.51. The van der Waals surface area contributed by atoms with Crippen LogP contribution in [-0.2, 0) is 6.18 Å². The Morgan fingerprint density at radius 2 is 2.06 bits per heavy atom. The van der Waals surface area contributed by atoms with Gasteiger partial charge in [0.2, 0.25) is 5.95 Å². The Morgan fingerprint density at radius 1 is 1.26 bits per heavy atom. The second kappa shape index (κ2) is 8.50. The van der Waals surface area contributed by atoms with E-state index in [1.54, 1.807) is 12.1 Å². The number of halogens is 3. The standard InChI is InChI=1S/C20H21F3N6O2/c21-20(22,23)14-8-16(25-15-6-2-1-4-13(15)11-30)29-17(9-14)26-19(28-29)27-18(31)12-5-3-7-24-10-12/h3,5,7-10,13,15,25,30H,1-2,4,6,11H2,(H,27,28,31)/t13-,15-/m1/s1. The average Bonchev–Trinajstić information content (AvgIpc) is 3.17. The van der Waals surface area contributed by atoms with Gasteiger partial charge in [-0.2, -0.15) is 22.7 Å². The molecular formula is C20H21F3N6O2. The lowest BCUT2D eigenvalue weighted by Crippen LogP contribution is -2.35. The fourth-order valence-corrected chi connectivity index (χ4v) is 3.78.